The molecule has 2 atom stereocenters. The third-order valence-corrected chi connectivity index (χ3v) is 6.42. The number of nitrogens with one attached hydrogen (secondary N) is 2. The zero-order valence-corrected chi connectivity index (χ0v) is 19.4. The number of anilines is 3. The second kappa shape index (κ2) is 10.2. The fourth-order valence-electron chi connectivity index (χ4n) is 4.23. The lowest BCUT2D eigenvalue weighted by molar-refractivity contribution is 0.0412. The first-order valence-electron chi connectivity index (χ1n) is 11.5. The van der Waals surface area contributed by atoms with Crippen LogP contribution in [0.5, 0.6) is 0 Å². The molecule has 2 fully saturated rings. The van der Waals surface area contributed by atoms with Crippen molar-refractivity contribution in [3.8, 4) is 0 Å². The summed E-state index contributed by atoms with van der Waals surface area (Å²) in [5.41, 5.74) is 5.93. The van der Waals surface area contributed by atoms with Crippen LogP contribution < -0.4 is 21.9 Å². The van der Waals surface area contributed by atoms with Crippen LogP contribution in [0.25, 0.3) is 5.65 Å². The molecule has 5 rings (SSSR count). The highest BCUT2D eigenvalue weighted by Crippen LogP contribution is 2.29. The zero-order valence-electron chi connectivity index (χ0n) is 19.4. The number of fused-ring (bicyclic) bond motifs is 1. The van der Waals surface area contributed by atoms with E-state index in [1.807, 2.05) is 0 Å². The summed E-state index contributed by atoms with van der Waals surface area (Å²) < 4.78 is 8.01. The lowest BCUT2D eigenvalue weighted by Crippen LogP contribution is -2.30. The van der Waals surface area contributed by atoms with Crippen molar-refractivity contribution in [2.45, 2.75) is 56.8 Å². The lowest BCUT2D eigenvalue weighted by Gasteiger charge is -2.22. The fraction of sp³-hybridized carbons (Fsp3) is 0.478. The van der Waals surface area contributed by atoms with E-state index in [1.54, 1.807) is 43.1 Å². The van der Waals surface area contributed by atoms with E-state index in [1.165, 1.54) is 30.0 Å². The molecule has 3 aromatic heterocycles. The number of nitrogens with zero attached hydrogens (tertiary/aromatic N) is 4. The van der Waals surface area contributed by atoms with Crippen LogP contribution >= 0.6 is 0 Å². The molecule has 0 aliphatic heterocycles. The van der Waals surface area contributed by atoms with E-state index in [-0.39, 0.29) is 22.8 Å². The van der Waals surface area contributed by atoms with Gasteiger partial charge in [-0.3, -0.25) is 9.59 Å². The van der Waals surface area contributed by atoms with E-state index < -0.39 is 12.0 Å². The van der Waals surface area contributed by atoms with Crippen molar-refractivity contribution >= 4 is 28.9 Å². The Morgan fingerprint density at radius 3 is 2.59 bits per heavy atom. The van der Waals surface area contributed by atoms with Gasteiger partial charge in [-0.1, -0.05) is 0 Å². The van der Waals surface area contributed by atoms with Gasteiger partial charge in [0.25, 0.3) is 11.5 Å². The summed E-state index contributed by atoms with van der Waals surface area (Å²) in [5.74, 6) is 0.295. The molecule has 0 saturated heterocycles. The number of aliphatic hydroxyl groups is 1. The number of pyridine rings is 1. The summed E-state index contributed by atoms with van der Waals surface area (Å²) in [6.07, 6.45) is 9.42. The van der Waals surface area contributed by atoms with Crippen LogP contribution in [0.2, 0.25) is 0 Å². The monoisotopic (exact) mass is 469 g/mol. The van der Waals surface area contributed by atoms with Crippen LogP contribution in [0, 0.1) is 0 Å². The molecule has 182 valence electrons. The minimum absolute atomic E-state index is 0.180. The quantitative estimate of drug-likeness (QED) is 0.429. The zero-order chi connectivity index (χ0) is 24.2. The largest absolute Gasteiger partial charge is 0.391 e. The number of rotatable bonds is 6. The highest BCUT2D eigenvalue weighted by molar-refractivity contribution is 5.98. The molecule has 2 saturated carbocycles. The molecular formula is C23H31N7O4. The number of nitrogens with two attached hydrogens (primary N) is 1. The molecule has 2 aliphatic rings. The van der Waals surface area contributed by atoms with Gasteiger partial charge in [0.05, 0.1) is 24.4 Å². The first kappa shape index (κ1) is 23.7. The van der Waals surface area contributed by atoms with Gasteiger partial charge in [-0.05, 0) is 50.7 Å². The maximum Gasteiger partial charge on any atom is 0.274 e. The third kappa shape index (κ3) is 4.75. The first-order chi connectivity index (χ1) is 16.4. The van der Waals surface area contributed by atoms with Crippen molar-refractivity contribution < 1.29 is 14.6 Å². The van der Waals surface area contributed by atoms with E-state index in [2.05, 4.69) is 20.7 Å². The third-order valence-electron chi connectivity index (χ3n) is 6.42. The van der Waals surface area contributed by atoms with Gasteiger partial charge in [-0.15, -0.1) is 0 Å². The second-order valence-corrected chi connectivity index (χ2v) is 8.55. The Bertz CT molecular complexity index is 1210. The highest BCUT2D eigenvalue weighted by atomic mass is 16.5. The van der Waals surface area contributed by atoms with Crippen LogP contribution in [0.1, 0.15) is 54.9 Å². The standard InChI is InChI=1S/C18H21N7O3.C5H10O/c1-20-15-8-14(23-17-10(16(19)27)9-21-25(15)17)22-11-4-3-7-24(18(11)28)12-5-2-6-13(12)26;1-6-5-3-2-4-5/h3-4,7-9,12-13,20,26H,2,5-6H2,1H3,(H2,19,27)(H,22,23);5H,2-4H2,1H3. The first-order valence-corrected chi connectivity index (χ1v) is 11.5. The van der Waals surface area contributed by atoms with Gasteiger partial charge in [0.2, 0.25) is 0 Å². The van der Waals surface area contributed by atoms with Crippen LogP contribution in [0.3, 0.4) is 0 Å². The number of hydrogen-bond donors (Lipinski definition) is 4. The highest BCUT2D eigenvalue weighted by Gasteiger charge is 2.27. The van der Waals surface area contributed by atoms with Gasteiger partial charge < -0.3 is 30.8 Å². The Kier molecular flexibility index (Phi) is 7.13. The van der Waals surface area contributed by atoms with E-state index in [0.29, 0.717) is 29.8 Å². The van der Waals surface area contributed by atoms with Crippen molar-refractivity contribution in [3.63, 3.8) is 0 Å². The van der Waals surface area contributed by atoms with Crippen LogP contribution in [-0.2, 0) is 4.74 Å². The van der Waals surface area contributed by atoms with Gasteiger partial charge in [0, 0.05) is 26.4 Å². The number of carbonyl (C=O) groups excluding carboxylic acids is 1. The molecule has 2 aliphatic carbocycles. The maximum atomic E-state index is 12.9. The van der Waals surface area contributed by atoms with Gasteiger partial charge in [0.15, 0.2) is 5.65 Å². The maximum absolute atomic E-state index is 12.9. The normalized spacial score (nSPS) is 19.9. The van der Waals surface area contributed by atoms with Crippen molar-refractivity contribution in [3.05, 3.63) is 46.5 Å². The molecule has 11 nitrogen and oxygen atoms in total. The molecular weight excluding hydrogens is 438 g/mol. The second-order valence-electron chi connectivity index (χ2n) is 8.55. The number of aliphatic hydroxyl groups excluding tert-OH is 1. The smallest absolute Gasteiger partial charge is 0.274 e. The molecule has 0 aromatic carbocycles. The minimum Gasteiger partial charge on any atom is -0.391 e. The van der Waals surface area contributed by atoms with E-state index in [0.717, 1.165) is 12.8 Å². The Labute approximate surface area is 196 Å². The van der Waals surface area contributed by atoms with Crippen molar-refractivity contribution in [2.24, 2.45) is 5.73 Å². The molecule has 3 aromatic rings. The molecule has 5 N–H and O–H groups in total. The summed E-state index contributed by atoms with van der Waals surface area (Å²) in [7, 11) is 3.49. The van der Waals surface area contributed by atoms with Crippen LogP contribution in [-0.4, -0.2) is 56.5 Å². The fourth-order valence-corrected chi connectivity index (χ4v) is 4.23. The van der Waals surface area contributed by atoms with E-state index in [9.17, 15) is 14.7 Å². The number of hydrogen-bond acceptors (Lipinski definition) is 8. The summed E-state index contributed by atoms with van der Waals surface area (Å²) in [6, 6.07) is 4.84. The molecule has 0 spiro atoms. The summed E-state index contributed by atoms with van der Waals surface area (Å²) >= 11 is 0. The number of ether oxygens (including phenoxy) is 1. The molecule has 3 heterocycles. The van der Waals surface area contributed by atoms with Gasteiger partial charge in [-0.2, -0.15) is 9.61 Å². The number of amides is 1. The van der Waals surface area contributed by atoms with E-state index >= 15 is 0 Å². The minimum atomic E-state index is -0.640. The lowest BCUT2D eigenvalue weighted by atomic mass is 9.96. The Morgan fingerprint density at radius 2 is 2.03 bits per heavy atom. The van der Waals surface area contributed by atoms with E-state index in [4.69, 9.17) is 10.5 Å². The topological polar surface area (TPSA) is 149 Å². The van der Waals surface area contributed by atoms with Gasteiger partial charge >= 0.3 is 0 Å². The Balaban J connectivity index is 0.000000398. The van der Waals surface area contributed by atoms with Crippen molar-refractivity contribution in [2.75, 3.05) is 24.8 Å². The average Bonchev–Trinajstić information content (AvgIpc) is 3.40. The Hall–Kier alpha value is -3.44. The Morgan fingerprint density at radius 1 is 1.26 bits per heavy atom. The van der Waals surface area contributed by atoms with Crippen molar-refractivity contribution in [1.82, 2.24) is 19.2 Å². The molecule has 0 radical (unpaired) electrons. The number of carbonyl (C=O) groups is 1. The SMILES string of the molecule is CNc1cc(Nc2cccn(C3CCCC3O)c2=O)nc2c(C(N)=O)cnn12.COC1CCC1. The average molecular weight is 470 g/mol. The van der Waals surface area contributed by atoms with Gasteiger partial charge in [-0.25, -0.2) is 4.98 Å². The molecule has 11 heteroatoms. The predicted octanol–water partition coefficient (Wildman–Crippen LogP) is 2.05. The number of methoxy groups -OCH3 is 1. The molecule has 1 amide bonds. The van der Waals surface area contributed by atoms with Crippen LogP contribution in [0.4, 0.5) is 17.3 Å². The number of primary amides is 1. The molecule has 34 heavy (non-hydrogen) atoms. The molecule has 2 unspecified atom stereocenters. The van der Waals surface area contributed by atoms with Crippen LogP contribution in [0.15, 0.2) is 35.4 Å². The number of aromatic nitrogens is 4. The molecule has 0 bridgehead atoms. The summed E-state index contributed by atoms with van der Waals surface area (Å²) in [4.78, 5) is 28.9. The van der Waals surface area contributed by atoms with Crippen molar-refractivity contribution in [1.29, 1.82) is 0 Å². The summed E-state index contributed by atoms with van der Waals surface area (Å²) in [6.45, 7) is 0. The summed E-state index contributed by atoms with van der Waals surface area (Å²) in [5, 5.41) is 20.3. The predicted molar refractivity (Wildman–Crippen MR) is 129 cm³/mol. The van der Waals surface area contributed by atoms with Gasteiger partial charge in [0.1, 0.15) is 22.9 Å².